The third-order valence-electron chi connectivity index (χ3n) is 6.30. The largest absolute Gasteiger partial charge is 0.352 e. The molecule has 2 atom stereocenters. The lowest BCUT2D eigenvalue weighted by Gasteiger charge is -2.37. The fourth-order valence-corrected chi connectivity index (χ4v) is 4.51. The highest BCUT2D eigenvalue weighted by molar-refractivity contribution is 6.09. The van der Waals surface area contributed by atoms with Crippen molar-refractivity contribution in [3.05, 3.63) is 18.6 Å². The van der Waals surface area contributed by atoms with Crippen LogP contribution in [0.3, 0.4) is 0 Å². The fourth-order valence-electron chi connectivity index (χ4n) is 4.51. The SMILES string of the molecule is C[C@@H]1CCCC[C@]12NC(=O)N(CC(=O)N1CCN(c3cnccn3)CC1)C2=O. The molecule has 3 heterocycles. The summed E-state index contributed by atoms with van der Waals surface area (Å²) in [5.41, 5.74) is -0.819. The van der Waals surface area contributed by atoms with Crippen molar-refractivity contribution in [1.82, 2.24) is 25.1 Å². The highest BCUT2D eigenvalue weighted by Gasteiger charge is 2.55. The number of carbonyl (C=O) groups excluding carboxylic acids is 3. The van der Waals surface area contributed by atoms with Gasteiger partial charge in [0.2, 0.25) is 5.91 Å². The van der Waals surface area contributed by atoms with Crippen LogP contribution in [0.2, 0.25) is 0 Å². The predicted octanol–water partition coefficient (Wildman–Crippen LogP) is 0.626. The third-order valence-corrected chi connectivity index (χ3v) is 6.30. The van der Waals surface area contributed by atoms with E-state index in [2.05, 4.69) is 20.2 Å². The number of urea groups is 1. The average molecular weight is 386 g/mol. The van der Waals surface area contributed by atoms with Gasteiger partial charge in [-0.2, -0.15) is 0 Å². The van der Waals surface area contributed by atoms with Gasteiger partial charge < -0.3 is 15.1 Å². The van der Waals surface area contributed by atoms with Gasteiger partial charge in [0.05, 0.1) is 6.20 Å². The summed E-state index contributed by atoms with van der Waals surface area (Å²) in [6, 6.07) is -0.440. The number of aromatic nitrogens is 2. The molecule has 0 unspecified atom stereocenters. The number of imide groups is 1. The number of anilines is 1. The zero-order valence-corrected chi connectivity index (χ0v) is 16.1. The van der Waals surface area contributed by atoms with Crippen LogP contribution in [0.15, 0.2) is 18.6 Å². The fraction of sp³-hybridized carbons (Fsp3) is 0.632. The maximum atomic E-state index is 13.0. The summed E-state index contributed by atoms with van der Waals surface area (Å²) >= 11 is 0. The maximum Gasteiger partial charge on any atom is 0.325 e. The molecule has 2 aliphatic heterocycles. The Hall–Kier alpha value is -2.71. The zero-order valence-electron chi connectivity index (χ0n) is 16.1. The van der Waals surface area contributed by atoms with E-state index in [1.807, 2.05) is 6.92 Å². The van der Waals surface area contributed by atoms with E-state index >= 15 is 0 Å². The summed E-state index contributed by atoms with van der Waals surface area (Å²) in [6.45, 7) is 4.16. The maximum absolute atomic E-state index is 13.0. The number of nitrogens with one attached hydrogen (secondary N) is 1. The molecule has 4 rings (SSSR count). The van der Waals surface area contributed by atoms with Gasteiger partial charge in [-0.25, -0.2) is 9.78 Å². The second kappa shape index (κ2) is 7.37. The van der Waals surface area contributed by atoms with Crippen LogP contribution in [0.25, 0.3) is 0 Å². The average Bonchev–Trinajstić information content (AvgIpc) is 2.96. The monoisotopic (exact) mass is 386 g/mol. The van der Waals surface area contributed by atoms with E-state index in [9.17, 15) is 14.4 Å². The Balaban J connectivity index is 1.36. The van der Waals surface area contributed by atoms with Crippen LogP contribution < -0.4 is 10.2 Å². The molecule has 1 spiro atoms. The molecule has 2 saturated heterocycles. The zero-order chi connectivity index (χ0) is 19.7. The molecule has 0 radical (unpaired) electrons. The van der Waals surface area contributed by atoms with E-state index in [0.717, 1.165) is 30.0 Å². The van der Waals surface area contributed by atoms with Gasteiger partial charge >= 0.3 is 6.03 Å². The number of carbonyl (C=O) groups is 3. The van der Waals surface area contributed by atoms with Gasteiger partial charge in [0.25, 0.3) is 5.91 Å². The molecule has 9 heteroatoms. The molecule has 1 aromatic rings. The normalized spacial score (nSPS) is 28.0. The van der Waals surface area contributed by atoms with Gasteiger partial charge in [0.15, 0.2) is 0 Å². The van der Waals surface area contributed by atoms with Crippen LogP contribution in [0.1, 0.15) is 32.6 Å². The van der Waals surface area contributed by atoms with Crippen molar-refractivity contribution < 1.29 is 14.4 Å². The lowest BCUT2D eigenvalue weighted by Crippen LogP contribution is -2.55. The molecule has 9 nitrogen and oxygen atoms in total. The van der Waals surface area contributed by atoms with Crippen molar-refractivity contribution in [2.24, 2.45) is 5.92 Å². The van der Waals surface area contributed by atoms with Crippen molar-refractivity contribution >= 4 is 23.7 Å². The van der Waals surface area contributed by atoms with E-state index in [-0.39, 0.29) is 24.3 Å². The van der Waals surface area contributed by atoms with E-state index < -0.39 is 11.6 Å². The van der Waals surface area contributed by atoms with E-state index in [1.165, 1.54) is 0 Å². The predicted molar refractivity (Wildman–Crippen MR) is 101 cm³/mol. The Kier molecular flexibility index (Phi) is 4.91. The molecular weight excluding hydrogens is 360 g/mol. The summed E-state index contributed by atoms with van der Waals surface area (Å²) in [4.78, 5) is 51.5. The summed E-state index contributed by atoms with van der Waals surface area (Å²) < 4.78 is 0. The first kappa shape index (κ1) is 18.6. The smallest absolute Gasteiger partial charge is 0.325 e. The molecule has 4 amide bonds. The molecule has 0 bridgehead atoms. The van der Waals surface area contributed by atoms with Crippen LogP contribution >= 0.6 is 0 Å². The van der Waals surface area contributed by atoms with E-state index in [0.29, 0.717) is 32.6 Å². The number of amides is 4. The second-order valence-corrected chi connectivity index (χ2v) is 7.87. The Labute approximate surface area is 164 Å². The van der Waals surface area contributed by atoms with Gasteiger partial charge in [-0.1, -0.05) is 19.8 Å². The minimum atomic E-state index is -0.819. The Morgan fingerprint density at radius 3 is 2.68 bits per heavy atom. The Morgan fingerprint density at radius 2 is 2.00 bits per heavy atom. The first-order chi connectivity index (χ1) is 13.5. The van der Waals surface area contributed by atoms with Crippen molar-refractivity contribution in [1.29, 1.82) is 0 Å². The summed E-state index contributed by atoms with van der Waals surface area (Å²) in [6.07, 6.45) is 8.53. The van der Waals surface area contributed by atoms with Gasteiger partial charge in [-0.15, -0.1) is 0 Å². The van der Waals surface area contributed by atoms with Crippen molar-refractivity contribution in [2.75, 3.05) is 37.6 Å². The summed E-state index contributed by atoms with van der Waals surface area (Å²) in [5.74, 6) is 0.448. The first-order valence-corrected chi connectivity index (χ1v) is 9.94. The summed E-state index contributed by atoms with van der Waals surface area (Å²) in [7, 11) is 0. The minimum Gasteiger partial charge on any atom is -0.352 e. The summed E-state index contributed by atoms with van der Waals surface area (Å²) in [5, 5.41) is 2.90. The standard InChI is InChI=1S/C19H26N6O3/c1-14-4-2-3-5-19(14)17(27)25(18(28)22-19)13-16(26)24-10-8-23(9-11-24)15-12-20-6-7-21-15/h6-7,12,14H,2-5,8-11,13H2,1H3,(H,22,28)/t14-,19+/m1/s1. The van der Waals surface area contributed by atoms with Gasteiger partial charge in [0.1, 0.15) is 17.9 Å². The van der Waals surface area contributed by atoms with Crippen LogP contribution in [-0.2, 0) is 9.59 Å². The number of hydrogen-bond acceptors (Lipinski definition) is 6. The minimum absolute atomic E-state index is 0.0910. The quantitative estimate of drug-likeness (QED) is 0.765. The lowest BCUT2D eigenvalue weighted by atomic mass is 9.73. The number of rotatable bonds is 3. The molecule has 3 aliphatic rings. The van der Waals surface area contributed by atoms with Crippen LogP contribution in [-0.4, -0.2) is 75.9 Å². The number of nitrogens with zero attached hydrogens (tertiary/aromatic N) is 5. The molecular formula is C19H26N6O3. The molecule has 150 valence electrons. The van der Waals surface area contributed by atoms with Crippen LogP contribution in [0.4, 0.5) is 10.6 Å². The lowest BCUT2D eigenvalue weighted by molar-refractivity contribution is -0.140. The number of hydrogen-bond donors (Lipinski definition) is 1. The van der Waals surface area contributed by atoms with Gasteiger partial charge in [-0.3, -0.25) is 19.5 Å². The molecule has 1 N–H and O–H groups in total. The van der Waals surface area contributed by atoms with Crippen molar-refractivity contribution in [3.63, 3.8) is 0 Å². The van der Waals surface area contributed by atoms with Crippen molar-refractivity contribution in [2.45, 2.75) is 38.1 Å². The van der Waals surface area contributed by atoms with E-state index in [1.54, 1.807) is 23.5 Å². The second-order valence-electron chi connectivity index (χ2n) is 7.87. The molecule has 3 fully saturated rings. The molecule has 0 aromatic carbocycles. The topological polar surface area (TPSA) is 98.7 Å². The van der Waals surface area contributed by atoms with Crippen molar-refractivity contribution in [3.8, 4) is 0 Å². The van der Waals surface area contributed by atoms with Crippen LogP contribution in [0, 0.1) is 5.92 Å². The number of piperazine rings is 1. The highest BCUT2D eigenvalue weighted by Crippen LogP contribution is 2.38. The highest BCUT2D eigenvalue weighted by atomic mass is 16.2. The van der Waals surface area contributed by atoms with Crippen LogP contribution in [0.5, 0.6) is 0 Å². The molecule has 1 aromatic heterocycles. The molecule has 28 heavy (non-hydrogen) atoms. The third kappa shape index (κ3) is 3.18. The van der Waals surface area contributed by atoms with E-state index in [4.69, 9.17) is 0 Å². The van der Waals surface area contributed by atoms with Gasteiger partial charge in [0, 0.05) is 38.6 Å². The molecule has 1 saturated carbocycles. The Bertz CT molecular complexity index is 764. The van der Waals surface area contributed by atoms with Gasteiger partial charge in [-0.05, 0) is 18.8 Å². The molecule has 1 aliphatic carbocycles. The first-order valence-electron chi connectivity index (χ1n) is 9.94. The Morgan fingerprint density at radius 1 is 1.21 bits per heavy atom.